The van der Waals surface area contributed by atoms with E-state index < -0.39 is 0 Å². The Morgan fingerprint density at radius 1 is 1.53 bits per heavy atom. The molecule has 5 heteroatoms. The number of aliphatic hydroxyl groups excluding tert-OH is 1. The summed E-state index contributed by atoms with van der Waals surface area (Å²) in [7, 11) is 1.94. The lowest BCUT2D eigenvalue weighted by Crippen LogP contribution is -2.20. The number of hydrogen-bond acceptors (Lipinski definition) is 4. The van der Waals surface area contributed by atoms with Crippen molar-refractivity contribution >= 4 is 16.9 Å². The highest BCUT2D eigenvalue weighted by molar-refractivity contribution is 5.85. The zero-order chi connectivity index (χ0) is 10.8. The molecule has 15 heavy (non-hydrogen) atoms. The Labute approximate surface area is 87.8 Å². The molecule has 0 saturated carbocycles. The summed E-state index contributed by atoms with van der Waals surface area (Å²) in [6.45, 7) is 1.97. The highest BCUT2D eigenvalue weighted by Gasteiger charge is 2.08. The quantitative estimate of drug-likeness (QED) is 0.778. The Balaban J connectivity index is 2.43. The molecule has 1 unspecified atom stereocenters. The van der Waals surface area contributed by atoms with Crippen LogP contribution in [0, 0.1) is 0 Å². The number of fused-ring (bicyclic) bond motifs is 1. The Morgan fingerprint density at radius 3 is 3.07 bits per heavy atom. The van der Waals surface area contributed by atoms with Crippen molar-refractivity contribution in [2.45, 2.75) is 13.0 Å². The molecule has 2 aromatic rings. The minimum atomic E-state index is -0.0230. The molecule has 0 aliphatic rings. The van der Waals surface area contributed by atoms with Crippen molar-refractivity contribution in [3.8, 4) is 0 Å². The fraction of sp³-hybridized carbons (Fsp3) is 0.400. The van der Waals surface area contributed by atoms with E-state index in [2.05, 4.69) is 15.3 Å². The molecule has 0 spiro atoms. The number of aliphatic hydroxyl groups is 1. The van der Waals surface area contributed by atoms with Crippen LogP contribution >= 0.6 is 0 Å². The van der Waals surface area contributed by atoms with E-state index in [0.29, 0.717) is 0 Å². The molecule has 0 radical (unpaired) electrons. The molecule has 5 nitrogen and oxygen atoms in total. The molecule has 0 saturated heterocycles. The van der Waals surface area contributed by atoms with Crippen molar-refractivity contribution in [2.24, 2.45) is 7.05 Å². The van der Waals surface area contributed by atoms with Crippen molar-refractivity contribution in [3.63, 3.8) is 0 Å². The zero-order valence-corrected chi connectivity index (χ0v) is 8.81. The minimum Gasteiger partial charge on any atom is -0.394 e. The fourth-order valence-electron chi connectivity index (χ4n) is 1.45. The SMILES string of the molecule is CC(CO)Nc1nccc2c1ncn2C. The van der Waals surface area contributed by atoms with E-state index in [1.807, 2.05) is 24.6 Å². The summed E-state index contributed by atoms with van der Waals surface area (Å²) in [6, 6.07) is 1.89. The summed E-state index contributed by atoms with van der Waals surface area (Å²) in [6.07, 6.45) is 3.48. The number of nitrogens with one attached hydrogen (secondary N) is 1. The van der Waals surface area contributed by atoms with Gasteiger partial charge in [0.05, 0.1) is 18.5 Å². The molecule has 2 heterocycles. The highest BCUT2D eigenvalue weighted by atomic mass is 16.3. The number of imidazole rings is 1. The summed E-state index contributed by atoms with van der Waals surface area (Å²) < 4.78 is 1.94. The van der Waals surface area contributed by atoms with Gasteiger partial charge in [-0.15, -0.1) is 0 Å². The topological polar surface area (TPSA) is 63.0 Å². The Hall–Kier alpha value is -1.62. The molecule has 2 N–H and O–H groups in total. The van der Waals surface area contributed by atoms with Crippen LogP contribution in [0.5, 0.6) is 0 Å². The van der Waals surface area contributed by atoms with Gasteiger partial charge in [0.15, 0.2) is 5.82 Å². The van der Waals surface area contributed by atoms with Gasteiger partial charge in [-0.05, 0) is 13.0 Å². The van der Waals surface area contributed by atoms with E-state index >= 15 is 0 Å². The van der Waals surface area contributed by atoms with Gasteiger partial charge in [0.25, 0.3) is 0 Å². The van der Waals surface area contributed by atoms with Crippen LogP contribution in [0.2, 0.25) is 0 Å². The summed E-state index contributed by atoms with van der Waals surface area (Å²) in [4.78, 5) is 8.47. The van der Waals surface area contributed by atoms with E-state index in [1.165, 1.54) is 0 Å². The van der Waals surface area contributed by atoms with Gasteiger partial charge < -0.3 is 15.0 Å². The van der Waals surface area contributed by atoms with Gasteiger partial charge in [0, 0.05) is 19.3 Å². The smallest absolute Gasteiger partial charge is 0.154 e. The predicted octanol–water partition coefficient (Wildman–Crippen LogP) is 0.761. The highest BCUT2D eigenvalue weighted by Crippen LogP contribution is 2.18. The summed E-state index contributed by atoms with van der Waals surface area (Å²) in [5.41, 5.74) is 1.86. The first-order chi connectivity index (χ1) is 7.22. The van der Waals surface area contributed by atoms with Crippen LogP contribution in [-0.4, -0.2) is 32.3 Å². The molecule has 0 fully saturated rings. The first-order valence-electron chi connectivity index (χ1n) is 4.86. The second kappa shape index (κ2) is 3.86. The van der Waals surface area contributed by atoms with E-state index in [1.54, 1.807) is 12.5 Å². The number of rotatable bonds is 3. The van der Waals surface area contributed by atoms with Crippen molar-refractivity contribution in [3.05, 3.63) is 18.6 Å². The molecular formula is C10H14N4O. The first-order valence-corrected chi connectivity index (χ1v) is 4.86. The Morgan fingerprint density at radius 2 is 2.33 bits per heavy atom. The number of pyridine rings is 1. The van der Waals surface area contributed by atoms with E-state index in [9.17, 15) is 0 Å². The number of nitrogens with zero attached hydrogens (tertiary/aromatic N) is 3. The van der Waals surface area contributed by atoms with Crippen LogP contribution in [-0.2, 0) is 7.05 Å². The third-order valence-electron chi connectivity index (χ3n) is 2.30. The van der Waals surface area contributed by atoms with Crippen LogP contribution < -0.4 is 5.32 Å². The summed E-state index contributed by atoms with van der Waals surface area (Å²) in [5, 5.41) is 12.1. The Bertz CT molecular complexity index is 465. The zero-order valence-electron chi connectivity index (χ0n) is 8.81. The summed E-state index contributed by atoms with van der Waals surface area (Å²) in [5.74, 6) is 0.717. The van der Waals surface area contributed by atoms with E-state index in [0.717, 1.165) is 16.9 Å². The minimum absolute atomic E-state index is 0.0230. The normalized spacial score (nSPS) is 13.0. The van der Waals surface area contributed by atoms with Gasteiger partial charge in [-0.3, -0.25) is 0 Å². The maximum Gasteiger partial charge on any atom is 0.154 e. The first kappa shape index (κ1) is 9.92. The van der Waals surface area contributed by atoms with Crippen LogP contribution in [0.15, 0.2) is 18.6 Å². The largest absolute Gasteiger partial charge is 0.394 e. The second-order valence-corrected chi connectivity index (χ2v) is 3.61. The second-order valence-electron chi connectivity index (χ2n) is 3.61. The maximum atomic E-state index is 8.96. The lowest BCUT2D eigenvalue weighted by Gasteiger charge is -2.11. The lowest BCUT2D eigenvalue weighted by atomic mass is 10.3. The van der Waals surface area contributed by atoms with Gasteiger partial charge in [0.1, 0.15) is 5.52 Å². The number of aromatic nitrogens is 3. The molecule has 0 bridgehead atoms. The molecule has 80 valence electrons. The lowest BCUT2D eigenvalue weighted by molar-refractivity contribution is 0.281. The number of hydrogen-bond donors (Lipinski definition) is 2. The van der Waals surface area contributed by atoms with Crippen LogP contribution in [0.25, 0.3) is 11.0 Å². The molecule has 0 amide bonds. The van der Waals surface area contributed by atoms with Gasteiger partial charge in [-0.2, -0.15) is 0 Å². The third-order valence-corrected chi connectivity index (χ3v) is 2.30. The predicted molar refractivity (Wildman–Crippen MR) is 58.7 cm³/mol. The number of anilines is 1. The standard InChI is InChI=1S/C10H14N4O/c1-7(5-15)13-10-9-8(3-4-11-10)14(2)6-12-9/h3-4,6-7,15H,5H2,1-2H3,(H,11,13). The van der Waals surface area contributed by atoms with E-state index in [-0.39, 0.29) is 12.6 Å². The van der Waals surface area contributed by atoms with Crippen LogP contribution in [0.4, 0.5) is 5.82 Å². The fourth-order valence-corrected chi connectivity index (χ4v) is 1.45. The molecule has 2 aromatic heterocycles. The maximum absolute atomic E-state index is 8.96. The molecule has 2 rings (SSSR count). The van der Waals surface area contributed by atoms with Gasteiger partial charge >= 0.3 is 0 Å². The molecular weight excluding hydrogens is 192 g/mol. The monoisotopic (exact) mass is 206 g/mol. The number of aryl methyl sites for hydroxylation is 1. The van der Waals surface area contributed by atoms with Gasteiger partial charge in [-0.1, -0.05) is 0 Å². The Kier molecular flexibility index (Phi) is 2.55. The van der Waals surface area contributed by atoms with Crippen LogP contribution in [0.3, 0.4) is 0 Å². The van der Waals surface area contributed by atoms with Crippen molar-refractivity contribution in [1.82, 2.24) is 14.5 Å². The average Bonchev–Trinajstić information content (AvgIpc) is 2.62. The summed E-state index contributed by atoms with van der Waals surface area (Å²) >= 11 is 0. The van der Waals surface area contributed by atoms with E-state index in [4.69, 9.17) is 5.11 Å². The van der Waals surface area contributed by atoms with Crippen LogP contribution in [0.1, 0.15) is 6.92 Å². The molecule has 1 atom stereocenters. The molecule has 0 aliphatic heterocycles. The van der Waals surface area contributed by atoms with Crippen molar-refractivity contribution in [2.75, 3.05) is 11.9 Å². The third kappa shape index (κ3) is 1.78. The molecule has 0 aromatic carbocycles. The van der Waals surface area contributed by atoms with Crippen molar-refractivity contribution in [1.29, 1.82) is 0 Å². The molecule has 0 aliphatic carbocycles. The average molecular weight is 206 g/mol. The van der Waals surface area contributed by atoms with Gasteiger partial charge in [0.2, 0.25) is 0 Å². The van der Waals surface area contributed by atoms with Gasteiger partial charge in [-0.25, -0.2) is 9.97 Å². The van der Waals surface area contributed by atoms with Crippen molar-refractivity contribution < 1.29 is 5.11 Å².